The molecule has 0 aliphatic rings. The number of rotatable bonds is 6. The minimum atomic E-state index is 0.579. The van der Waals surface area contributed by atoms with Crippen molar-refractivity contribution in [1.29, 1.82) is 0 Å². The van der Waals surface area contributed by atoms with Crippen LogP contribution in [0.15, 0.2) is 237 Å². The number of hydrogen-bond acceptors (Lipinski definition) is 3. The first-order chi connectivity index (χ1) is 33.7. The highest BCUT2D eigenvalue weighted by atomic mass is 15.2. The molecular formula is C63H39N5. The summed E-state index contributed by atoms with van der Waals surface area (Å²) in [6, 6.07) is 84.6. The smallest absolute Gasteiger partial charge is 0.238 e. The van der Waals surface area contributed by atoms with Crippen LogP contribution in [0.1, 0.15) is 0 Å². The molecule has 0 atom stereocenters. The maximum atomic E-state index is 5.19. The van der Waals surface area contributed by atoms with Gasteiger partial charge in [-0.25, -0.2) is 4.98 Å². The van der Waals surface area contributed by atoms with Gasteiger partial charge in [0, 0.05) is 38.4 Å². The molecule has 68 heavy (non-hydrogen) atoms. The van der Waals surface area contributed by atoms with E-state index in [0.29, 0.717) is 17.6 Å². The zero-order valence-electron chi connectivity index (χ0n) is 36.8. The summed E-state index contributed by atoms with van der Waals surface area (Å²) in [4.78, 5) is 15.4. The predicted octanol–water partition coefficient (Wildman–Crippen LogP) is 16.2. The summed E-state index contributed by atoms with van der Waals surface area (Å²) < 4.78 is 4.61. The maximum Gasteiger partial charge on any atom is 0.238 e. The van der Waals surface area contributed by atoms with E-state index < -0.39 is 0 Å². The van der Waals surface area contributed by atoms with E-state index in [2.05, 4.69) is 209 Å². The molecule has 0 aliphatic carbocycles. The van der Waals surface area contributed by atoms with Gasteiger partial charge < -0.3 is 4.57 Å². The van der Waals surface area contributed by atoms with Crippen LogP contribution in [-0.2, 0) is 0 Å². The molecule has 0 saturated heterocycles. The second kappa shape index (κ2) is 15.2. The van der Waals surface area contributed by atoms with E-state index in [1.807, 2.05) is 36.4 Å². The van der Waals surface area contributed by atoms with E-state index in [0.717, 1.165) is 44.3 Å². The molecule has 5 heteroatoms. The van der Waals surface area contributed by atoms with Crippen LogP contribution in [-0.4, -0.2) is 24.1 Å². The standard InChI is InChI=1S/C63H39N5/c1-3-15-43(16-4-1)61-64-62(44-17-5-2-6-18-44)66-63(65-61)68-56-26-14-12-24-53(56)60-58(68)38-37-57-59(60)52-23-11-13-25-55(52)67(57)46-34-31-41(32-35-46)40-27-29-42(30-28-40)45-33-36-51-49-21-8-7-19-47(49)48-20-9-10-22-50(48)54(51)39-45/h1-39H. The minimum Gasteiger partial charge on any atom is -0.309 e. The van der Waals surface area contributed by atoms with Gasteiger partial charge in [0.15, 0.2) is 11.6 Å². The Balaban J connectivity index is 0.870. The molecular weight excluding hydrogens is 827 g/mol. The number of aromatic nitrogens is 5. The van der Waals surface area contributed by atoms with Gasteiger partial charge in [-0.1, -0.05) is 194 Å². The van der Waals surface area contributed by atoms with Crippen LogP contribution < -0.4 is 0 Å². The van der Waals surface area contributed by atoms with E-state index in [9.17, 15) is 0 Å². The Bertz CT molecular complexity index is 4190. The monoisotopic (exact) mass is 865 g/mol. The number of fused-ring (bicyclic) bond motifs is 13. The second-order valence-electron chi connectivity index (χ2n) is 17.5. The molecule has 3 heterocycles. The van der Waals surface area contributed by atoms with E-state index >= 15 is 0 Å². The van der Waals surface area contributed by atoms with Crippen molar-refractivity contribution in [3.63, 3.8) is 0 Å². The molecule has 3 aromatic heterocycles. The van der Waals surface area contributed by atoms with Crippen molar-refractivity contribution in [2.24, 2.45) is 0 Å². The lowest BCUT2D eigenvalue weighted by Gasteiger charge is -2.12. The van der Waals surface area contributed by atoms with Crippen LogP contribution in [0.25, 0.3) is 133 Å². The van der Waals surface area contributed by atoms with Crippen LogP contribution in [0.2, 0.25) is 0 Å². The first kappa shape index (κ1) is 38.1. The average Bonchev–Trinajstić information content (AvgIpc) is 3.94. The van der Waals surface area contributed by atoms with Crippen LogP contribution in [0.5, 0.6) is 0 Å². The molecule has 0 saturated carbocycles. The molecule has 0 aliphatic heterocycles. The molecule has 0 radical (unpaired) electrons. The summed E-state index contributed by atoms with van der Waals surface area (Å²) in [5.41, 5.74) is 12.1. The highest BCUT2D eigenvalue weighted by molar-refractivity contribution is 6.29. The van der Waals surface area contributed by atoms with Crippen molar-refractivity contribution in [1.82, 2.24) is 24.1 Å². The van der Waals surface area contributed by atoms with Crippen molar-refractivity contribution in [2.45, 2.75) is 0 Å². The minimum absolute atomic E-state index is 0.579. The Morgan fingerprint density at radius 3 is 1.15 bits per heavy atom. The Morgan fingerprint density at radius 1 is 0.235 bits per heavy atom. The third-order valence-electron chi connectivity index (χ3n) is 13.8. The summed E-state index contributed by atoms with van der Waals surface area (Å²) in [6.45, 7) is 0. The van der Waals surface area contributed by atoms with Crippen LogP contribution in [0.4, 0.5) is 0 Å². The first-order valence-electron chi connectivity index (χ1n) is 23.1. The van der Waals surface area contributed by atoms with Gasteiger partial charge in [0.05, 0.1) is 22.1 Å². The third kappa shape index (κ3) is 5.93. The molecule has 0 unspecified atom stereocenters. The molecule has 5 nitrogen and oxygen atoms in total. The Labute approximate surface area is 391 Å². The van der Waals surface area contributed by atoms with Crippen LogP contribution in [0, 0.1) is 0 Å². The van der Waals surface area contributed by atoms with Gasteiger partial charge in [-0.2, -0.15) is 9.97 Å². The number of benzene rings is 11. The van der Waals surface area contributed by atoms with Crippen LogP contribution >= 0.6 is 0 Å². The highest BCUT2D eigenvalue weighted by Crippen LogP contribution is 2.43. The van der Waals surface area contributed by atoms with Crippen LogP contribution in [0.3, 0.4) is 0 Å². The topological polar surface area (TPSA) is 48.5 Å². The molecule has 11 aromatic carbocycles. The molecule has 14 aromatic rings. The lowest BCUT2D eigenvalue weighted by Crippen LogP contribution is -2.06. The molecule has 316 valence electrons. The van der Waals surface area contributed by atoms with E-state index in [-0.39, 0.29) is 0 Å². The van der Waals surface area contributed by atoms with E-state index in [1.165, 1.54) is 70.7 Å². The van der Waals surface area contributed by atoms with Gasteiger partial charge in [-0.05, 0) is 97.0 Å². The molecule has 0 fully saturated rings. The van der Waals surface area contributed by atoms with Crippen molar-refractivity contribution in [3.8, 4) is 56.7 Å². The molecule has 0 N–H and O–H groups in total. The lowest BCUT2D eigenvalue weighted by molar-refractivity contribution is 0.953. The number of hydrogen-bond donors (Lipinski definition) is 0. The summed E-state index contributed by atoms with van der Waals surface area (Å²) in [7, 11) is 0. The normalized spacial score (nSPS) is 11.8. The molecule has 0 amide bonds. The summed E-state index contributed by atoms with van der Waals surface area (Å²) in [5, 5.41) is 12.4. The maximum absolute atomic E-state index is 5.19. The largest absolute Gasteiger partial charge is 0.309 e. The lowest BCUT2D eigenvalue weighted by atomic mass is 9.92. The number of nitrogens with zero attached hydrogens (tertiary/aromatic N) is 5. The second-order valence-corrected chi connectivity index (χ2v) is 17.5. The Morgan fingerprint density at radius 2 is 0.618 bits per heavy atom. The van der Waals surface area contributed by atoms with Gasteiger partial charge in [-0.15, -0.1) is 0 Å². The quantitative estimate of drug-likeness (QED) is 0.156. The van der Waals surface area contributed by atoms with Crippen molar-refractivity contribution in [3.05, 3.63) is 237 Å². The summed E-state index contributed by atoms with van der Waals surface area (Å²) >= 11 is 0. The SMILES string of the molecule is c1ccc(-c2nc(-c3ccccc3)nc(-n3c4ccccc4c4c5c6ccccc6n(-c6ccc(-c7ccc(-c8ccc9c%10ccccc%10c%10ccccc%10c9c8)cc7)cc6)c5ccc43)n2)cc1. The van der Waals surface area contributed by atoms with Crippen molar-refractivity contribution >= 4 is 75.9 Å². The molecule has 0 spiro atoms. The molecule has 0 bridgehead atoms. The fourth-order valence-electron chi connectivity index (χ4n) is 10.7. The Kier molecular flexibility index (Phi) is 8.52. The van der Waals surface area contributed by atoms with E-state index in [1.54, 1.807) is 0 Å². The summed E-state index contributed by atoms with van der Waals surface area (Å²) in [5.74, 6) is 1.84. The highest BCUT2D eigenvalue weighted by Gasteiger charge is 2.23. The Hall–Kier alpha value is -9.19. The van der Waals surface area contributed by atoms with Gasteiger partial charge >= 0.3 is 0 Å². The average molecular weight is 866 g/mol. The third-order valence-corrected chi connectivity index (χ3v) is 13.8. The van der Waals surface area contributed by atoms with Gasteiger partial charge in [-0.3, -0.25) is 4.57 Å². The molecule has 14 rings (SSSR count). The predicted molar refractivity (Wildman–Crippen MR) is 283 cm³/mol. The number of para-hydroxylation sites is 2. The van der Waals surface area contributed by atoms with Crippen molar-refractivity contribution in [2.75, 3.05) is 0 Å². The van der Waals surface area contributed by atoms with Gasteiger partial charge in [0.1, 0.15) is 0 Å². The summed E-state index contributed by atoms with van der Waals surface area (Å²) in [6.07, 6.45) is 0. The van der Waals surface area contributed by atoms with E-state index in [4.69, 9.17) is 15.0 Å². The van der Waals surface area contributed by atoms with Crippen molar-refractivity contribution < 1.29 is 0 Å². The fourth-order valence-corrected chi connectivity index (χ4v) is 10.7. The fraction of sp³-hybridized carbons (Fsp3) is 0. The zero-order chi connectivity index (χ0) is 44.7. The zero-order valence-corrected chi connectivity index (χ0v) is 36.8. The van der Waals surface area contributed by atoms with Gasteiger partial charge in [0.2, 0.25) is 5.95 Å². The van der Waals surface area contributed by atoms with Gasteiger partial charge in [0.25, 0.3) is 0 Å². The first-order valence-corrected chi connectivity index (χ1v) is 23.1.